The fourth-order valence-corrected chi connectivity index (χ4v) is 8.56. The Balaban J connectivity index is 0.795. The SMILES string of the molecule is Cc1ccc(CN2CC[C@@H](Cc3cccc4cnccc34)C2)cc1OCC(=O)OCCCOC(=O)CCC/C=C\C[C@@H]1[C@@H](CC[C@@H](O)COc2ccccc2)[C@H](O)C[C@@H]1O. The Morgan fingerprint density at radius 3 is 2.58 bits per heavy atom. The van der Waals surface area contributed by atoms with Crippen molar-refractivity contribution in [3.05, 3.63) is 114 Å². The third-order valence-electron chi connectivity index (χ3n) is 11.8. The maximum Gasteiger partial charge on any atom is 0.344 e. The van der Waals surface area contributed by atoms with Crippen molar-refractivity contribution in [3.63, 3.8) is 0 Å². The smallest absolute Gasteiger partial charge is 0.344 e. The molecule has 3 aromatic carbocycles. The number of benzene rings is 3. The Morgan fingerprint density at radius 2 is 1.73 bits per heavy atom. The van der Waals surface area contributed by atoms with Crippen LogP contribution in [0.4, 0.5) is 0 Å². The van der Waals surface area contributed by atoms with Gasteiger partial charge in [-0.1, -0.05) is 60.7 Å². The fourth-order valence-electron chi connectivity index (χ4n) is 8.56. The highest BCUT2D eigenvalue weighted by molar-refractivity contribution is 5.84. The second kappa shape index (κ2) is 23.3. The van der Waals surface area contributed by atoms with Crippen LogP contribution in [0.3, 0.4) is 0 Å². The molecule has 11 heteroatoms. The molecule has 0 unspecified atom stereocenters. The Morgan fingerprint density at radius 1 is 0.917 bits per heavy atom. The number of aliphatic hydroxyl groups is 3. The standard InChI is InChI=1S/C49H62N2O9/c1-35-17-18-36(31-51-24-22-37(32-51)27-38-11-9-12-39-30-50-23-21-42(38)39)28-47(35)60-34-49(56)58-26-10-25-57-48(55)16-8-3-2-7-15-43-44(46(54)29-45(43)53)20-19-40(52)33-59-41-13-5-4-6-14-41/h2,4-7,9,11-14,17-18,21,23,28,30,37,40,43-46,52-54H,3,8,10,15-16,19-20,22,24-27,29,31-34H2,1H3/b7-2-/t37-,40+,43+,44+,45-,46+/m0/s1. The van der Waals surface area contributed by atoms with Crippen LogP contribution in [0.25, 0.3) is 10.8 Å². The number of pyridine rings is 1. The van der Waals surface area contributed by atoms with Gasteiger partial charge in [-0.2, -0.15) is 0 Å². The van der Waals surface area contributed by atoms with Crippen LogP contribution in [0.15, 0.2) is 97.3 Å². The van der Waals surface area contributed by atoms with Crippen LogP contribution in [0.1, 0.15) is 74.5 Å². The van der Waals surface area contributed by atoms with Gasteiger partial charge in [-0.05, 0) is 129 Å². The summed E-state index contributed by atoms with van der Waals surface area (Å²) in [5, 5.41) is 34.1. The first-order valence-corrected chi connectivity index (χ1v) is 21.7. The summed E-state index contributed by atoms with van der Waals surface area (Å²) in [5.41, 5.74) is 3.48. The Kier molecular flexibility index (Phi) is 17.3. The molecule has 0 amide bonds. The van der Waals surface area contributed by atoms with Gasteiger partial charge in [-0.25, -0.2) is 4.79 Å². The van der Waals surface area contributed by atoms with E-state index in [2.05, 4.69) is 40.2 Å². The van der Waals surface area contributed by atoms with Gasteiger partial charge in [0.25, 0.3) is 0 Å². The van der Waals surface area contributed by atoms with Crippen molar-refractivity contribution in [3.8, 4) is 11.5 Å². The number of aryl methyl sites for hydroxylation is 1. The zero-order valence-corrected chi connectivity index (χ0v) is 34.9. The highest BCUT2D eigenvalue weighted by atomic mass is 16.6. The van der Waals surface area contributed by atoms with Gasteiger partial charge in [0.15, 0.2) is 6.61 Å². The summed E-state index contributed by atoms with van der Waals surface area (Å²) < 4.78 is 22.2. The number of allylic oxidation sites excluding steroid dienone is 2. The lowest BCUT2D eigenvalue weighted by Gasteiger charge is -2.23. The molecule has 3 N–H and O–H groups in total. The van der Waals surface area contributed by atoms with E-state index in [1.165, 1.54) is 16.3 Å². The maximum atomic E-state index is 12.4. The molecular weight excluding hydrogens is 761 g/mol. The number of nitrogens with zero attached hydrogens (tertiary/aromatic N) is 2. The molecule has 0 radical (unpaired) electrons. The Hall–Kier alpha value is -4.81. The minimum Gasteiger partial charge on any atom is -0.491 e. The number of rotatable bonds is 23. The molecule has 4 aromatic rings. The van der Waals surface area contributed by atoms with Crippen molar-refractivity contribution in [2.24, 2.45) is 17.8 Å². The van der Waals surface area contributed by atoms with Crippen molar-refractivity contribution in [1.29, 1.82) is 0 Å². The molecule has 11 nitrogen and oxygen atoms in total. The molecule has 1 aromatic heterocycles. The largest absolute Gasteiger partial charge is 0.491 e. The molecule has 1 saturated carbocycles. The number of aromatic nitrogens is 1. The second-order valence-electron chi connectivity index (χ2n) is 16.4. The molecule has 6 atom stereocenters. The summed E-state index contributed by atoms with van der Waals surface area (Å²) in [4.78, 5) is 31.4. The van der Waals surface area contributed by atoms with Crippen molar-refractivity contribution in [2.45, 2.75) is 96.0 Å². The molecule has 2 aliphatic rings. The summed E-state index contributed by atoms with van der Waals surface area (Å²) in [6.07, 6.45) is 12.1. The summed E-state index contributed by atoms with van der Waals surface area (Å²) >= 11 is 0. The molecule has 0 bridgehead atoms. The number of likely N-dealkylation sites (tertiary alicyclic amines) is 1. The third kappa shape index (κ3) is 13.9. The van der Waals surface area contributed by atoms with E-state index in [4.69, 9.17) is 18.9 Å². The van der Waals surface area contributed by atoms with Crippen LogP contribution in [0.5, 0.6) is 11.5 Å². The van der Waals surface area contributed by atoms with Crippen molar-refractivity contribution >= 4 is 22.7 Å². The minimum absolute atomic E-state index is 0.0930. The summed E-state index contributed by atoms with van der Waals surface area (Å²) in [6, 6.07) is 24.1. The first-order valence-electron chi connectivity index (χ1n) is 21.7. The first kappa shape index (κ1) is 44.7. The zero-order chi connectivity index (χ0) is 42.1. The second-order valence-corrected chi connectivity index (χ2v) is 16.4. The zero-order valence-electron chi connectivity index (χ0n) is 34.9. The lowest BCUT2D eigenvalue weighted by atomic mass is 9.86. The minimum atomic E-state index is -0.661. The first-order chi connectivity index (χ1) is 29.2. The Labute approximate surface area is 354 Å². The number of para-hydroxylation sites is 1. The van der Waals surface area contributed by atoms with Crippen LogP contribution >= 0.6 is 0 Å². The van der Waals surface area contributed by atoms with E-state index < -0.39 is 24.3 Å². The van der Waals surface area contributed by atoms with Crippen LogP contribution in [-0.2, 0) is 32.0 Å². The monoisotopic (exact) mass is 822 g/mol. The van der Waals surface area contributed by atoms with Gasteiger partial charge in [0.05, 0.1) is 31.5 Å². The van der Waals surface area contributed by atoms with Gasteiger partial charge in [0.2, 0.25) is 0 Å². The number of carbonyl (C=O) groups is 2. The van der Waals surface area contributed by atoms with E-state index in [9.17, 15) is 24.9 Å². The molecule has 60 heavy (non-hydrogen) atoms. The molecule has 2 fully saturated rings. The number of unbranched alkanes of at least 4 members (excludes halogenated alkanes) is 1. The van der Waals surface area contributed by atoms with Gasteiger partial charge in [-0.15, -0.1) is 0 Å². The third-order valence-corrected chi connectivity index (χ3v) is 11.8. The van der Waals surface area contributed by atoms with Crippen molar-refractivity contribution < 1.29 is 43.9 Å². The highest BCUT2D eigenvalue weighted by Crippen LogP contribution is 2.38. The van der Waals surface area contributed by atoms with Crippen LogP contribution in [-0.4, -0.2) is 95.0 Å². The van der Waals surface area contributed by atoms with Crippen molar-refractivity contribution in [2.75, 3.05) is 39.5 Å². The average molecular weight is 823 g/mol. The fraction of sp³-hybridized carbons (Fsp3) is 0.490. The summed E-state index contributed by atoms with van der Waals surface area (Å²) in [5.74, 6) is 0.995. The maximum absolute atomic E-state index is 12.4. The van der Waals surface area contributed by atoms with Gasteiger partial charge in [0, 0.05) is 43.7 Å². The number of esters is 2. The van der Waals surface area contributed by atoms with Gasteiger partial charge in [0.1, 0.15) is 18.1 Å². The number of hydrogen-bond donors (Lipinski definition) is 3. The quantitative estimate of drug-likeness (QED) is 0.0398. The predicted molar refractivity (Wildman–Crippen MR) is 230 cm³/mol. The molecular formula is C49H62N2O9. The molecule has 1 aliphatic carbocycles. The molecule has 1 aliphatic heterocycles. The molecule has 2 heterocycles. The van der Waals surface area contributed by atoms with E-state index in [0.717, 1.165) is 43.6 Å². The highest BCUT2D eigenvalue weighted by Gasteiger charge is 2.40. The molecule has 1 saturated heterocycles. The van der Waals surface area contributed by atoms with E-state index in [-0.39, 0.29) is 50.7 Å². The summed E-state index contributed by atoms with van der Waals surface area (Å²) in [7, 11) is 0. The topological polar surface area (TPSA) is 148 Å². The van der Waals surface area contributed by atoms with Crippen molar-refractivity contribution in [1.82, 2.24) is 9.88 Å². The predicted octanol–water partition coefficient (Wildman–Crippen LogP) is 7.16. The molecule has 322 valence electrons. The van der Waals surface area contributed by atoms with E-state index in [1.807, 2.05) is 73.9 Å². The number of hydrogen-bond acceptors (Lipinski definition) is 11. The normalized spacial score (nSPS) is 21.0. The van der Waals surface area contributed by atoms with E-state index >= 15 is 0 Å². The lowest BCUT2D eigenvalue weighted by Crippen LogP contribution is -2.25. The molecule has 0 spiro atoms. The van der Waals surface area contributed by atoms with E-state index in [0.29, 0.717) is 62.4 Å². The van der Waals surface area contributed by atoms with Crippen LogP contribution < -0.4 is 9.47 Å². The molecule has 6 rings (SSSR count). The Bertz CT molecular complexity index is 1970. The van der Waals surface area contributed by atoms with Crippen LogP contribution in [0, 0.1) is 24.7 Å². The number of carbonyl (C=O) groups excluding carboxylic acids is 2. The number of ether oxygens (including phenoxy) is 4. The van der Waals surface area contributed by atoms with Crippen LogP contribution in [0.2, 0.25) is 0 Å². The number of aliphatic hydroxyl groups excluding tert-OH is 3. The number of fused-ring (bicyclic) bond motifs is 1. The van der Waals surface area contributed by atoms with Gasteiger partial charge < -0.3 is 34.3 Å². The van der Waals surface area contributed by atoms with Gasteiger partial charge in [-0.3, -0.25) is 14.7 Å². The average Bonchev–Trinajstić information content (AvgIpc) is 3.81. The summed E-state index contributed by atoms with van der Waals surface area (Å²) in [6.45, 7) is 5.14. The van der Waals surface area contributed by atoms with E-state index in [1.54, 1.807) is 0 Å². The van der Waals surface area contributed by atoms with Gasteiger partial charge >= 0.3 is 11.9 Å². The lowest BCUT2D eigenvalue weighted by molar-refractivity contribution is -0.147.